The van der Waals surface area contributed by atoms with E-state index in [1.807, 2.05) is 0 Å². The smallest absolute Gasteiger partial charge is 0.306 e. The lowest BCUT2D eigenvalue weighted by Gasteiger charge is -2.18. The molecule has 0 aliphatic heterocycles. The van der Waals surface area contributed by atoms with Gasteiger partial charge in [0, 0.05) is 19.3 Å². The number of carbonyl (C=O) groups is 3. The first kappa shape index (κ1) is 67.1. The molecule has 69 heavy (non-hydrogen) atoms. The van der Waals surface area contributed by atoms with E-state index in [9.17, 15) is 14.4 Å². The number of hydrogen-bond acceptors (Lipinski definition) is 6. The van der Waals surface area contributed by atoms with Gasteiger partial charge in [0.2, 0.25) is 0 Å². The molecule has 0 saturated carbocycles. The number of carbonyl (C=O) groups excluding carboxylic acids is 3. The van der Waals surface area contributed by atoms with Gasteiger partial charge in [-0.15, -0.1) is 0 Å². The number of unbranched alkanes of at least 4 members (excludes halogenated alkanes) is 45. The largest absolute Gasteiger partial charge is 0.462 e. The third-order valence-electron chi connectivity index (χ3n) is 14.3. The highest BCUT2D eigenvalue weighted by atomic mass is 16.6. The van der Waals surface area contributed by atoms with Crippen molar-refractivity contribution in [3.63, 3.8) is 0 Å². The molecule has 0 radical (unpaired) electrons. The maximum absolute atomic E-state index is 12.8. The van der Waals surface area contributed by atoms with Crippen molar-refractivity contribution < 1.29 is 28.6 Å². The van der Waals surface area contributed by atoms with E-state index in [0.717, 1.165) is 57.8 Å². The Morgan fingerprint density at radius 2 is 0.478 bits per heavy atom. The fourth-order valence-corrected chi connectivity index (χ4v) is 9.56. The summed E-state index contributed by atoms with van der Waals surface area (Å²) in [6.07, 6.45) is 68.2. The topological polar surface area (TPSA) is 78.9 Å². The van der Waals surface area contributed by atoms with Crippen LogP contribution in [0.5, 0.6) is 0 Å². The summed E-state index contributed by atoms with van der Waals surface area (Å²) >= 11 is 0. The molecule has 0 amide bonds. The lowest BCUT2D eigenvalue weighted by molar-refractivity contribution is -0.167. The van der Waals surface area contributed by atoms with Crippen molar-refractivity contribution in [3.8, 4) is 0 Å². The van der Waals surface area contributed by atoms with E-state index in [4.69, 9.17) is 14.2 Å². The summed E-state index contributed by atoms with van der Waals surface area (Å²) < 4.78 is 16.8. The van der Waals surface area contributed by atoms with Crippen LogP contribution in [0, 0.1) is 0 Å². The number of hydrogen-bond donors (Lipinski definition) is 0. The van der Waals surface area contributed by atoms with Crippen molar-refractivity contribution in [2.45, 2.75) is 361 Å². The van der Waals surface area contributed by atoms with Crippen molar-refractivity contribution in [1.29, 1.82) is 0 Å². The van der Waals surface area contributed by atoms with Crippen molar-refractivity contribution in [2.75, 3.05) is 13.2 Å². The molecule has 0 aliphatic rings. The fraction of sp³-hybridized carbons (Fsp3) is 0.921. The molecular weight excluding hydrogens is 853 g/mol. The molecule has 0 aliphatic carbocycles. The highest BCUT2D eigenvalue weighted by molar-refractivity contribution is 5.71. The fourth-order valence-electron chi connectivity index (χ4n) is 9.56. The first-order valence-electron chi connectivity index (χ1n) is 31.2. The average molecular weight is 974 g/mol. The molecule has 6 nitrogen and oxygen atoms in total. The molecule has 0 saturated heterocycles. The quantitative estimate of drug-likeness (QED) is 0.0261. The Kier molecular flexibility index (Phi) is 57.1. The second-order valence-corrected chi connectivity index (χ2v) is 21.3. The normalized spacial score (nSPS) is 12.0. The minimum atomic E-state index is -0.762. The van der Waals surface area contributed by atoms with Crippen molar-refractivity contribution in [3.05, 3.63) is 12.2 Å². The molecular formula is C63H120O6. The minimum Gasteiger partial charge on any atom is -0.462 e. The lowest BCUT2D eigenvalue weighted by Crippen LogP contribution is -2.30. The Labute approximate surface area is 431 Å². The molecule has 0 heterocycles. The highest BCUT2D eigenvalue weighted by Crippen LogP contribution is 2.18. The van der Waals surface area contributed by atoms with E-state index in [1.165, 1.54) is 257 Å². The van der Waals surface area contributed by atoms with Crippen LogP contribution in [0.25, 0.3) is 0 Å². The average Bonchev–Trinajstić information content (AvgIpc) is 3.35. The first-order chi connectivity index (χ1) is 34.0. The van der Waals surface area contributed by atoms with Crippen LogP contribution in [-0.2, 0) is 28.6 Å². The van der Waals surface area contributed by atoms with E-state index in [-0.39, 0.29) is 31.1 Å². The SMILES string of the molecule is CCCCCCCCCC/C=C\CCCCCCCCCCCCCCCCCC(=O)OCC(COC(=O)CCCCCCCCC)OC(=O)CCCCCCCCCCCCCCCCCCC. The monoisotopic (exact) mass is 973 g/mol. The van der Waals surface area contributed by atoms with Crippen LogP contribution >= 0.6 is 0 Å². The summed E-state index contributed by atoms with van der Waals surface area (Å²) in [7, 11) is 0. The third-order valence-corrected chi connectivity index (χ3v) is 14.3. The van der Waals surface area contributed by atoms with Crippen LogP contribution in [0.3, 0.4) is 0 Å². The van der Waals surface area contributed by atoms with Crippen LogP contribution in [0.2, 0.25) is 0 Å². The minimum absolute atomic E-state index is 0.0638. The molecule has 0 rings (SSSR count). The molecule has 0 aromatic heterocycles. The Morgan fingerprint density at radius 3 is 0.725 bits per heavy atom. The van der Waals surface area contributed by atoms with Crippen LogP contribution in [0.1, 0.15) is 355 Å². The molecule has 0 fully saturated rings. The van der Waals surface area contributed by atoms with Gasteiger partial charge in [-0.3, -0.25) is 14.4 Å². The zero-order valence-electron chi connectivity index (χ0n) is 46.9. The third kappa shape index (κ3) is 56.9. The molecule has 1 unspecified atom stereocenters. The van der Waals surface area contributed by atoms with Gasteiger partial charge in [0.15, 0.2) is 6.10 Å². The van der Waals surface area contributed by atoms with Gasteiger partial charge in [0.1, 0.15) is 13.2 Å². The molecule has 0 aromatic carbocycles. The maximum atomic E-state index is 12.8. The van der Waals surface area contributed by atoms with Gasteiger partial charge in [-0.2, -0.15) is 0 Å². The number of ether oxygens (including phenoxy) is 3. The Balaban J connectivity index is 4.04. The van der Waals surface area contributed by atoms with Gasteiger partial charge < -0.3 is 14.2 Å². The van der Waals surface area contributed by atoms with Gasteiger partial charge >= 0.3 is 17.9 Å². The molecule has 0 N–H and O–H groups in total. The Hall–Kier alpha value is -1.85. The summed E-state index contributed by atoms with van der Waals surface area (Å²) in [6, 6.07) is 0. The summed E-state index contributed by atoms with van der Waals surface area (Å²) in [5, 5.41) is 0. The molecule has 408 valence electrons. The molecule has 0 aromatic rings. The second-order valence-electron chi connectivity index (χ2n) is 21.3. The summed E-state index contributed by atoms with van der Waals surface area (Å²) in [6.45, 7) is 6.66. The zero-order valence-corrected chi connectivity index (χ0v) is 46.9. The van der Waals surface area contributed by atoms with Crippen molar-refractivity contribution in [1.82, 2.24) is 0 Å². The van der Waals surface area contributed by atoms with E-state index in [2.05, 4.69) is 32.9 Å². The molecule has 0 spiro atoms. The van der Waals surface area contributed by atoms with Crippen molar-refractivity contribution in [2.24, 2.45) is 0 Å². The van der Waals surface area contributed by atoms with Gasteiger partial charge in [-0.05, 0) is 44.9 Å². The van der Waals surface area contributed by atoms with E-state index >= 15 is 0 Å². The van der Waals surface area contributed by atoms with Crippen molar-refractivity contribution >= 4 is 17.9 Å². The van der Waals surface area contributed by atoms with Crippen LogP contribution in [0.15, 0.2) is 12.2 Å². The maximum Gasteiger partial charge on any atom is 0.306 e. The summed E-state index contributed by atoms with van der Waals surface area (Å²) in [5.41, 5.74) is 0. The van der Waals surface area contributed by atoms with E-state index in [1.54, 1.807) is 0 Å². The molecule has 6 heteroatoms. The lowest BCUT2D eigenvalue weighted by atomic mass is 10.0. The number of rotatable bonds is 58. The number of allylic oxidation sites excluding steroid dienone is 2. The second kappa shape index (κ2) is 58.7. The Bertz CT molecular complexity index is 1070. The Morgan fingerprint density at radius 1 is 0.275 bits per heavy atom. The van der Waals surface area contributed by atoms with Gasteiger partial charge in [0.05, 0.1) is 0 Å². The zero-order chi connectivity index (χ0) is 50.0. The van der Waals surface area contributed by atoms with Gasteiger partial charge in [-0.1, -0.05) is 303 Å². The first-order valence-corrected chi connectivity index (χ1v) is 31.2. The summed E-state index contributed by atoms with van der Waals surface area (Å²) in [5.74, 6) is -0.845. The standard InChI is InChI=1S/C63H120O6/c1-4-7-10-13-16-18-20-22-24-26-27-28-29-30-31-32-33-34-35-37-38-40-42-44-47-50-53-56-62(65)68-59-60(58-67-61(64)55-52-49-46-15-12-9-6-3)69-63(66)57-54-51-48-45-43-41-39-36-25-23-21-19-17-14-11-8-5-2/h26-27,60H,4-25,28-59H2,1-3H3/b27-26-. The predicted molar refractivity (Wildman–Crippen MR) is 298 cm³/mol. The number of esters is 3. The van der Waals surface area contributed by atoms with Crippen LogP contribution in [-0.4, -0.2) is 37.2 Å². The summed E-state index contributed by atoms with van der Waals surface area (Å²) in [4.78, 5) is 38.0. The molecule has 0 bridgehead atoms. The van der Waals surface area contributed by atoms with Crippen LogP contribution in [0.4, 0.5) is 0 Å². The van der Waals surface area contributed by atoms with Gasteiger partial charge in [0.25, 0.3) is 0 Å². The van der Waals surface area contributed by atoms with E-state index in [0.29, 0.717) is 19.3 Å². The molecule has 1 atom stereocenters. The van der Waals surface area contributed by atoms with Crippen LogP contribution < -0.4 is 0 Å². The predicted octanol–water partition coefficient (Wildman–Crippen LogP) is 20.9. The highest BCUT2D eigenvalue weighted by Gasteiger charge is 2.19. The van der Waals surface area contributed by atoms with E-state index < -0.39 is 6.10 Å². The van der Waals surface area contributed by atoms with Gasteiger partial charge in [-0.25, -0.2) is 0 Å².